The molecule has 1 heterocycles. The molecule has 2 rings (SSSR count). The van der Waals surface area contributed by atoms with Crippen molar-refractivity contribution >= 4 is 17.7 Å². The highest BCUT2D eigenvalue weighted by Gasteiger charge is 2.10. The molecule has 1 aromatic heterocycles. The molecule has 0 radical (unpaired) electrons. The van der Waals surface area contributed by atoms with Gasteiger partial charge in [0.05, 0.1) is 17.6 Å². The summed E-state index contributed by atoms with van der Waals surface area (Å²) in [4.78, 5) is 17.0. The highest BCUT2D eigenvalue weighted by molar-refractivity contribution is 7.99. The van der Waals surface area contributed by atoms with Crippen LogP contribution in [0.3, 0.4) is 0 Å². The first-order chi connectivity index (χ1) is 8.56. The molecule has 0 saturated carbocycles. The lowest BCUT2D eigenvalue weighted by Crippen LogP contribution is -1.97. The van der Waals surface area contributed by atoms with Crippen molar-refractivity contribution in [2.75, 3.05) is 5.75 Å². The molecule has 0 atom stereocenters. The molecule has 18 heavy (non-hydrogen) atoms. The van der Waals surface area contributed by atoms with Gasteiger partial charge in [0, 0.05) is 5.56 Å². The number of H-pyrrole nitrogens is 1. The number of carboxylic acid groups (broad SMARTS) is 1. The maximum absolute atomic E-state index is 13.5. The van der Waals surface area contributed by atoms with E-state index in [2.05, 4.69) is 9.97 Å². The van der Waals surface area contributed by atoms with Gasteiger partial charge < -0.3 is 10.1 Å². The topological polar surface area (TPSA) is 66.0 Å². The standard InChI is InChI=1S/C11H8F2N2O2S/c12-6-1-2-8(13)7(3-6)9-4-14-11(15-9)18-5-10(16)17/h1-4H,5H2,(H,14,15)(H,16,17). The molecule has 0 bridgehead atoms. The maximum Gasteiger partial charge on any atom is 0.313 e. The third-order valence-corrected chi connectivity index (χ3v) is 2.98. The Balaban J connectivity index is 2.23. The zero-order chi connectivity index (χ0) is 13.1. The van der Waals surface area contributed by atoms with E-state index in [0.717, 1.165) is 30.0 Å². The van der Waals surface area contributed by atoms with Crippen LogP contribution < -0.4 is 0 Å². The summed E-state index contributed by atoms with van der Waals surface area (Å²) in [7, 11) is 0. The number of thioether (sulfide) groups is 1. The number of carboxylic acids is 1. The van der Waals surface area contributed by atoms with E-state index in [1.165, 1.54) is 6.20 Å². The van der Waals surface area contributed by atoms with Crippen molar-refractivity contribution in [3.05, 3.63) is 36.0 Å². The first kappa shape index (κ1) is 12.6. The minimum atomic E-state index is -0.977. The van der Waals surface area contributed by atoms with Crippen molar-refractivity contribution < 1.29 is 18.7 Å². The van der Waals surface area contributed by atoms with Crippen LogP contribution in [0.25, 0.3) is 11.3 Å². The van der Waals surface area contributed by atoms with E-state index in [1.807, 2.05) is 0 Å². The molecule has 2 N–H and O–H groups in total. The van der Waals surface area contributed by atoms with Crippen LogP contribution in [-0.2, 0) is 4.79 Å². The first-order valence-corrected chi connectivity index (χ1v) is 5.90. The smallest absolute Gasteiger partial charge is 0.313 e. The lowest BCUT2D eigenvalue weighted by molar-refractivity contribution is -0.133. The molecule has 7 heteroatoms. The van der Waals surface area contributed by atoms with Gasteiger partial charge in [-0.3, -0.25) is 4.79 Å². The number of carbonyl (C=O) groups is 1. The molecule has 0 aliphatic carbocycles. The quantitative estimate of drug-likeness (QED) is 0.838. The van der Waals surface area contributed by atoms with Crippen molar-refractivity contribution in [3.63, 3.8) is 0 Å². The number of benzene rings is 1. The van der Waals surface area contributed by atoms with Crippen LogP contribution in [-0.4, -0.2) is 26.8 Å². The minimum Gasteiger partial charge on any atom is -0.481 e. The van der Waals surface area contributed by atoms with Crippen LogP contribution in [0.1, 0.15) is 0 Å². The van der Waals surface area contributed by atoms with Crippen molar-refractivity contribution in [1.29, 1.82) is 0 Å². The van der Waals surface area contributed by atoms with Gasteiger partial charge in [0.1, 0.15) is 11.6 Å². The molecule has 0 saturated heterocycles. The molecule has 1 aromatic carbocycles. The number of nitrogens with one attached hydrogen (secondary N) is 1. The molecule has 0 aliphatic rings. The number of imidazole rings is 1. The van der Waals surface area contributed by atoms with Gasteiger partial charge in [-0.15, -0.1) is 0 Å². The van der Waals surface area contributed by atoms with Gasteiger partial charge in [0.15, 0.2) is 5.16 Å². The molecule has 0 aliphatic heterocycles. The van der Waals surface area contributed by atoms with Crippen LogP contribution in [0.5, 0.6) is 0 Å². The first-order valence-electron chi connectivity index (χ1n) is 4.91. The van der Waals surface area contributed by atoms with Gasteiger partial charge in [-0.05, 0) is 18.2 Å². The summed E-state index contributed by atoms with van der Waals surface area (Å²) in [5.74, 6) is -2.26. The molecular formula is C11H8F2N2O2S. The summed E-state index contributed by atoms with van der Waals surface area (Å²) in [6.45, 7) is 0. The third-order valence-electron chi connectivity index (χ3n) is 2.10. The second-order valence-corrected chi connectivity index (χ2v) is 4.37. The fraction of sp³-hybridized carbons (Fsp3) is 0.0909. The Kier molecular flexibility index (Phi) is 3.61. The summed E-state index contributed by atoms with van der Waals surface area (Å²) in [6.07, 6.45) is 1.34. The largest absolute Gasteiger partial charge is 0.481 e. The highest BCUT2D eigenvalue weighted by atomic mass is 32.2. The number of aromatic nitrogens is 2. The van der Waals surface area contributed by atoms with E-state index in [0.29, 0.717) is 10.9 Å². The Morgan fingerprint density at radius 3 is 2.94 bits per heavy atom. The average Bonchev–Trinajstić information content (AvgIpc) is 2.78. The van der Waals surface area contributed by atoms with Gasteiger partial charge in [-0.1, -0.05) is 11.8 Å². The predicted octanol–water partition coefficient (Wildman–Crippen LogP) is 2.53. The zero-order valence-corrected chi connectivity index (χ0v) is 9.80. The molecule has 0 amide bonds. The Morgan fingerprint density at radius 1 is 1.44 bits per heavy atom. The summed E-state index contributed by atoms with van der Waals surface area (Å²) in [6, 6.07) is 3.10. The van der Waals surface area contributed by atoms with Crippen molar-refractivity contribution in [3.8, 4) is 11.3 Å². The number of aromatic amines is 1. The number of hydrogen-bond donors (Lipinski definition) is 2. The SMILES string of the molecule is O=C(O)CSc1ncc(-c2cc(F)ccc2F)[nH]1. The van der Waals surface area contributed by atoms with Gasteiger partial charge >= 0.3 is 5.97 Å². The number of hydrogen-bond acceptors (Lipinski definition) is 3. The molecule has 2 aromatic rings. The number of halogens is 2. The lowest BCUT2D eigenvalue weighted by atomic mass is 10.1. The van der Waals surface area contributed by atoms with Crippen LogP contribution >= 0.6 is 11.8 Å². The van der Waals surface area contributed by atoms with Gasteiger partial charge in [-0.2, -0.15) is 0 Å². The Morgan fingerprint density at radius 2 is 2.22 bits per heavy atom. The van der Waals surface area contributed by atoms with E-state index in [4.69, 9.17) is 5.11 Å². The number of aliphatic carboxylic acids is 1. The van der Waals surface area contributed by atoms with Gasteiger partial charge in [0.2, 0.25) is 0 Å². The fourth-order valence-electron chi connectivity index (χ4n) is 1.35. The van der Waals surface area contributed by atoms with E-state index in [1.54, 1.807) is 0 Å². The van der Waals surface area contributed by atoms with E-state index in [9.17, 15) is 13.6 Å². The predicted molar refractivity (Wildman–Crippen MR) is 62.3 cm³/mol. The van der Waals surface area contributed by atoms with Crippen LogP contribution in [0.15, 0.2) is 29.6 Å². The Bertz CT molecular complexity index is 586. The fourth-order valence-corrected chi connectivity index (χ4v) is 1.92. The summed E-state index contributed by atoms with van der Waals surface area (Å²) < 4.78 is 26.5. The second kappa shape index (κ2) is 5.18. The molecular weight excluding hydrogens is 262 g/mol. The van der Waals surface area contributed by atoms with E-state index >= 15 is 0 Å². The molecule has 0 unspecified atom stereocenters. The lowest BCUT2D eigenvalue weighted by Gasteiger charge is -1.99. The average molecular weight is 270 g/mol. The monoisotopic (exact) mass is 270 g/mol. The van der Waals surface area contributed by atoms with Crippen molar-refractivity contribution in [1.82, 2.24) is 9.97 Å². The van der Waals surface area contributed by atoms with Gasteiger partial charge in [0.25, 0.3) is 0 Å². The molecule has 0 spiro atoms. The van der Waals surface area contributed by atoms with E-state index in [-0.39, 0.29) is 11.3 Å². The number of rotatable bonds is 4. The Hall–Kier alpha value is -1.89. The van der Waals surface area contributed by atoms with Crippen LogP contribution in [0, 0.1) is 11.6 Å². The molecule has 4 nitrogen and oxygen atoms in total. The summed E-state index contributed by atoms with van der Waals surface area (Å²) in [5, 5.41) is 8.85. The highest BCUT2D eigenvalue weighted by Crippen LogP contribution is 2.24. The normalized spacial score (nSPS) is 10.6. The van der Waals surface area contributed by atoms with Gasteiger partial charge in [-0.25, -0.2) is 13.8 Å². The minimum absolute atomic E-state index is 0.0599. The Labute approximate surface area is 105 Å². The number of nitrogens with zero attached hydrogens (tertiary/aromatic N) is 1. The second-order valence-electron chi connectivity index (χ2n) is 3.41. The maximum atomic E-state index is 13.5. The van der Waals surface area contributed by atoms with Crippen molar-refractivity contribution in [2.24, 2.45) is 0 Å². The third kappa shape index (κ3) is 2.86. The summed E-state index contributed by atoms with van der Waals surface area (Å²) in [5.41, 5.74) is 0.365. The molecule has 0 fully saturated rings. The van der Waals surface area contributed by atoms with Crippen LogP contribution in [0.4, 0.5) is 8.78 Å². The van der Waals surface area contributed by atoms with Crippen LogP contribution in [0.2, 0.25) is 0 Å². The zero-order valence-electron chi connectivity index (χ0n) is 8.98. The molecule has 94 valence electrons. The van der Waals surface area contributed by atoms with E-state index < -0.39 is 17.6 Å². The summed E-state index contributed by atoms with van der Waals surface area (Å²) >= 11 is 0.972. The van der Waals surface area contributed by atoms with Crippen molar-refractivity contribution in [2.45, 2.75) is 5.16 Å².